The molecule has 4 nitrogen and oxygen atoms in total. The highest BCUT2D eigenvalue weighted by molar-refractivity contribution is 7.99. The quantitative estimate of drug-likeness (QED) is 0.718. The van der Waals surface area contributed by atoms with Crippen molar-refractivity contribution in [3.63, 3.8) is 0 Å². The molecule has 1 aromatic carbocycles. The summed E-state index contributed by atoms with van der Waals surface area (Å²) >= 11 is 7.28. The Morgan fingerprint density at radius 1 is 1.33 bits per heavy atom. The summed E-state index contributed by atoms with van der Waals surface area (Å²) in [6.45, 7) is 1.72. The van der Waals surface area contributed by atoms with Gasteiger partial charge >= 0.3 is 0 Å². The molecular weight excluding hydrogens is 272 g/mol. The minimum atomic E-state index is -0.0267. The van der Waals surface area contributed by atoms with Gasteiger partial charge in [-0.1, -0.05) is 11.6 Å². The molecule has 100 valence electrons. The van der Waals surface area contributed by atoms with Crippen molar-refractivity contribution in [3.8, 4) is 0 Å². The molecule has 0 saturated heterocycles. The van der Waals surface area contributed by atoms with Crippen molar-refractivity contribution in [2.24, 2.45) is 5.73 Å². The lowest BCUT2D eigenvalue weighted by molar-refractivity contribution is -0.113. The maximum atomic E-state index is 11.6. The highest BCUT2D eigenvalue weighted by Crippen LogP contribution is 2.13. The Bertz CT molecular complexity index is 360. The standard InChI is InChI=1S/C12H17ClN2O2S/c13-10-1-3-11(4-2-10)15-12(16)9-18-8-7-17-6-5-14/h1-4H,5-9,14H2,(H,15,16). The van der Waals surface area contributed by atoms with Gasteiger partial charge in [-0.25, -0.2) is 0 Å². The third-order valence-electron chi connectivity index (χ3n) is 2.00. The van der Waals surface area contributed by atoms with Crippen molar-refractivity contribution in [2.75, 3.05) is 36.6 Å². The number of ether oxygens (including phenoxy) is 1. The maximum absolute atomic E-state index is 11.6. The predicted octanol–water partition coefficient (Wildman–Crippen LogP) is 1.99. The van der Waals surface area contributed by atoms with E-state index in [1.165, 1.54) is 11.8 Å². The van der Waals surface area contributed by atoms with Crippen LogP contribution in [0.2, 0.25) is 5.02 Å². The zero-order valence-electron chi connectivity index (χ0n) is 10.0. The smallest absolute Gasteiger partial charge is 0.234 e. The zero-order valence-corrected chi connectivity index (χ0v) is 11.6. The second kappa shape index (κ2) is 9.22. The molecular formula is C12H17ClN2O2S. The van der Waals surface area contributed by atoms with Crippen LogP contribution in [0.25, 0.3) is 0 Å². The van der Waals surface area contributed by atoms with Crippen molar-refractivity contribution in [1.29, 1.82) is 0 Å². The summed E-state index contributed by atoms with van der Waals surface area (Å²) in [7, 11) is 0. The summed E-state index contributed by atoms with van der Waals surface area (Å²) in [6.07, 6.45) is 0. The van der Waals surface area contributed by atoms with Crippen LogP contribution in [-0.4, -0.2) is 37.2 Å². The van der Waals surface area contributed by atoms with Gasteiger partial charge in [-0.3, -0.25) is 4.79 Å². The monoisotopic (exact) mass is 288 g/mol. The van der Waals surface area contributed by atoms with Crippen molar-refractivity contribution in [3.05, 3.63) is 29.3 Å². The van der Waals surface area contributed by atoms with E-state index >= 15 is 0 Å². The molecule has 6 heteroatoms. The molecule has 3 N–H and O–H groups in total. The van der Waals surface area contributed by atoms with Gasteiger partial charge in [0.05, 0.1) is 19.0 Å². The number of anilines is 1. The predicted molar refractivity (Wildman–Crippen MR) is 77.3 cm³/mol. The maximum Gasteiger partial charge on any atom is 0.234 e. The van der Waals surface area contributed by atoms with Crippen molar-refractivity contribution < 1.29 is 9.53 Å². The fourth-order valence-corrected chi connectivity index (χ4v) is 1.96. The number of hydrogen-bond donors (Lipinski definition) is 2. The van der Waals surface area contributed by atoms with Gasteiger partial charge in [0, 0.05) is 23.0 Å². The first-order chi connectivity index (χ1) is 8.72. The van der Waals surface area contributed by atoms with Crippen LogP contribution in [0.1, 0.15) is 0 Å². The minimum absolute atomic E-state index is 0.0267. The van der Waals surface area contributed by atoms with Gasteiger partial charge in [-0.15, -0.1) is 11.8 Å². The molecule has 0 saturated carbocycles. The number of halogens is 1. The van der Waals surface area contributed by atoms with Gasteiger partial charge in [-0.2, -0.15) is 0 Å². The molecule has 0 aliphatic carbocycles. The molecule has 0 heterocycles. The highest BCUT2D eigenvalue weighted by Gasteiger charge is 2.02. The van der Waals surface area contributed by atoms with Crippen LogP contribution in [0.4, 0.5) is 5.69 Å². The first-order valence-electron chi connectivity index (χ1n) is 5.63. The Morgan fingerprint density at radius 2 is 2.06 bits per heavy atom. The number of nitrogens with two attached hydrogens (primary N) is 1. The molecule has 0 aromatic heterocycles. The van der Waals surface area contributed by atoms with Crippen LogP contribution < -0.4 is 11.1 Å². The van der Waals surface area contributed by atoms with Crippen molar-refractivity contribution in [1.82, 2.24) is 0 Å². The minimum Gasteiger partial charge on any atom is -0.379 e. The van der Waals surface area contributed by atoms with E-state index < -0.39 is 0 Å². The molecule has 0 spiro atoms. The lowest BCUT2D eigenvalue weighted by atomic mass is 10.3. The van der Waals surface area contributed by atoms with Crippen LogP contribution in [0.15, 0.2) is 24.3 Å². The Labute approximate surface area is 116 Å². The Hall–Kier alpha value is -0.750. The Kier molecular flexibility index (Phi) is 7.84. The number of benzene rings is 1. The molecule has 0 fully saturated rings. The molecule has 0 radical (unpaired) electrons. The van der Waals surface area contributed by atoms with E-state index in [2.05, 4.69) is 5.32 Å². The topological polar surface area (TPSA) is 64.3 Å². The van der Waals surface area contributed by atoms with Crippen LogP contribution in [0.5, 0.6) is 0 Å². The highest BCUT2D eigenvalue weighted by atomic mass is 35.5. The number of nitrogens with one attached hydrogen (secondary N) is 1. The first kappa shape index (κ1) is 15.3. The summed E-state index contributed by atoms with van der Waals surface area (Å²) in [6, 6.07) is 7.03. The summed E-state index contributed by atoms with van der Waals surface area (Å²) in [5, 5.41) is 3.44. The fourth-order valence-electron chi connectivity index (χ4n) is 1.20. The third kappa shape index (κ3) is 6.86. The first-order valence-corrected chi connectivity index (χ1v) is 7.16. The number of rotatable bonds is 8. The second-order valence-corrected chi connectivity index (χ2v) is 5.05. The summed E-state index contributed by atoms with van der Waals surface area (Å²) in [5.41, 5.74) is 6.04. The number of thioether (sulfide) groups is 1. The molecule has 0 unspecified atom stereocenters. The molecule has 1 aromatic rings. The second-order valence-electron chi connectivity index (χ2n) is 3.51. The number of amides is 1. The molecule has 18 heavy (non-hydrogen) atoms. The third-order valence-corrected chi connectivity index (χ3v) is 3.17. The lowest BCUT2D eigenvalue weighted by Crippen LogP contribution is -2.15. The zero-order chi connectivity index (χ0) is 13.2. The number of carbonyl (C=O) groups excluding carboxylic acids is 1. The van der Waals surface area contributed by atoms with Crippen LogP contribution in [0, 0.1) is 0 Å². The largest absolute Gasteiger partial charge is 0.379 e. The van der Waals surface area contributed by atoms with Gasteiger partial charge in [0.15, 0.2) is 0 Å². The molecule has 1 rings (SSSR count). The Balaban J connectivity index is 2.12. The van der Waals surface area contributed by atoms with Crippen LogP contribution in [-0.2, 0) is 9.53 Å². The van der Waals surface area contributed by atoms with E-state index in [0.29, 0.717) is 30.5 Å². The van der Waals surface area contributed by atoms with E-state index in [1.54, 1.807) is 24.3 Å². The van der Waals surface area contributed by atoms with E-state index in [4.69, 9.17) is 22.1 Å². The molecule has 1 amide bonds. The van der Waals surface area contributed by atoms with Crippen LogP contribution in [0.3, 0.4) is 0 Å². The average molecular weight is 289 g/mol. The van der Waals surface area contributed by atoms with Gasteiger partial charge in [0.1, 0.15) is 0 Å². The van der Waals surface area contributed by atoms with Gasteiger partial charge in [0.25, 0.3) is 0 Å². The SMILES string of the molecule is NCCOCCSCC(=O)Nc1ccc(Cl)cc1. The summed E-state index contributed by atoms with van der Waals surface area (Å²) in [5.74, 6) is 1.17. The average Bonchev–Trinajstić information content (AvgIpc) is 2.36. The van der Waals surface area contributed by atoms with E-state index in [9.17, 15) is 4.79 Å². The molecule has 0 aliphatic rings. The van der Waals surface area contributed by atoms with Crippen molar-refractivity contribution in [2.45, 2.75) is 0 Å². The van der Waals surface area contributed by atoms with E-state index in [-0.39, 0.29) is 5.91 Å². The van der Waals surface area contributed by atoms with E-state index in [0.717, 1.165) is 11.4 Å². The van der Waals surface area contributed by atoms with Crippen molar-refractivity contribution >= 4 is 35.0 Å². The van der Waals surface area contributed by atoms with Crippen LogP contribution >= 0.6 is 23.4 Å². The molecule has 0 bridgehead atoms. The summed E-state index contributed by atoms with van der Waals surface area (Å²) < 4.78 is 5.20. The number of hydrogen-bond acceptors (Lipinski definition) is 4. The lowest BCUT2D eigenvalue weighted by Gasteiger charge is -2.05. The van der Waals surface area contributed by atoms with E-state index in [1.807, 2.05) is 0 Å². The summed E-state index contributed by atoms with van der Waals surface area (Å²) in [4.78, 5) is 11.6. The van der Waals surface area contributed by atoms with Gasteiger partial charge in [0.2, 0.25) is 5.91 Å². The van der Waals surface area contributed by atoms with Gasteiger partial charge in [-0.05, 0) is 24.3 Å². The normalized spacial score (nSPS) is 10.3. The molecule has 0 atom stereocenters. The number of carbonyl (C=O) groups is 1. The fraction of sp³-hybridized carbons (Fsp3) is 0.417. The van der Waals surface area contributed by atoms with Gasteiger partial charge < -0.3 is 15.8 Å². The molecule has 0 aliphatic heterocycles. The Morgan fingerprint density at radius 3 is 2.72 bits per heavy atom.